The Morgan fingerprint density at radius 3 is 2.42 bits per heavy atom. The second-order valence-corrected chi connectivity index (χ2v) is 10.1. The van der Waals surface area contributed by atoms with Crippen LogP contribution in [0.15, 0.2) is 57.9 Å². The van der Waals surface area contributed by atoms with E-state index in [1.165, 1.54) is 22.5 Å². The monoisotopic (exact) mass is 480 g/mol. The van der Waals surface area contributed by atoms with Crippen LogP contribution in [0.25, 0.3) is 11.4 Å². The number of benzene rings is 2. The van der Waals surface area contributed by atoms with Crippen molar-refractivity contribution >= 4 is 33.2 Å². The van der Waals surface area contributed by atoms with Crippen LogP contribution in [0.3, 0.4) is 0 Å². The Hall–Kier alpha value is -1.97. The summed E-state index contributed by atoms with van der Waals surface area (Å²) >= 11 is 11.9. The van der Waals surface area contributed by atoms with Crippen molar-refractivity contribution in [1.82, 2.24) is 19.3 Å². The summed E-state index contributed by atoms with van der Waals surface area (Å²) in [6.07, 6.45) is 1.54. The fraction of sp³-hybridized carbons (Fsp3) is 0.333. The third-order valence-electron chi connectivity index (χ3n) is 5.23. The number of rotatable bonds is 7. The van der Waals surface area contributed by atoms with Crippen LogP contribution >= 0.6 is 23.2 Å². The average Bonchev–Trinajstić information content (AvgIpc) is 3.25. The van der Waals surface area contributed by atoms with Crippen LogP contribution in [-0.2, 0) is 16.4 Å². The maximum atomic E-state index is 12.9. The fourth-order valence-corrected chi connectivity index (χ4v) is 5.31. The molecular weight excluding hydrogens is 459 g/mol. The van der Waals surface area contributed by atoms with Crippen molar-refractivity contribution in [3.63, 3.8) is 0 Å². The Bertz CT molecular complexity index is 1130. The van der Waals surface area contributed by atoms with E-state index < -0.39 is 10.0 Å². The van der Waals surface area contributed by atoms with Crippen LogP contribution < -0.4 is 0 Å². The minimum absolute atomic E-state index is 0.168. The summed E-state index contributed by atoms with van der Waals surface area (Å²) in [6, 6.07) is 14.1. The molecule has 0 unspecified atom stereocenters. The van der Waals surface area contributed by atoms with Gasteiger partial charge in [-0.3, -0.25) is 0 Å². The van der Waals surface area contributed by atoms with E-state index in [9.17, 15) is 8.42 Å². The molecule has 4 rings (SSSR count). The predicted molar refractivity (Wildman–Crippen MR) is 120 cm³/mol. The van der Waals surface area contributed by atoms with Gasteiger partial charge in [0.2, 0.25) is 21.7 Å². The standard InChI is InChI=1S/C21H22Cl2N4O3S/c22-18-9-8-17(15-19(18)23)31(28,29)27-13-11-26(12-14-27)10-4-7-20-24-21(25-30-20)16-5-2-1-3-6-16/h1-3,5-6,8-9,15H,4,7,10-14H2. The number of hydrogen-bond donors (Lipinski definition) is 0. The molecule has 0 spiro atoms. The van der Waals surface area contributed by atoms with Gasteiger partial charge in [-0.05, 0) is 31.2 Å². The summed E-state index contributed by atoms with van der Waals surface area (Å²) in [6.45, 7) is 3.03. The van der Waals surface area contributed by atoms with Gasteiger partial charge in [0.25, 0.3) is 0 Å². The quantitative estimate of drug-likeness (QED) is 0.508. The van der Waals surface area contributed by atoms with E-state index in [4.69, 9.17) is 27.7 Å². The minimum atomic E-state index is -3.58. The molecule has 0 saturated carbocycles. The van der Waals surface area contributed by atoms with E-state index in [1.807, 2.05) is 30.3 Å². The Labute approximate surface area is 191 Å². The Morgan fingerprint density at radius 1 is 0.968 bits per heavy atom. The van der Waals surface area contributed by atoms with Crippen LogP contribution in [0.2, 0.25) is 10.0 Å². The number of halogens is 2. The van der Waals surface area contributed by atoms with E-state index in [0.717, 1.165) is 18.5 Å². The van der Waals surface area contributed by atoms with Crippen molar-refractivity contribution in [2.45, 2.75) is 17.7 Å². The lowest BCUT2D eigenvalue weighted by Crippen LogP contribution is -2.48. The molecule has 31 heavy (non-hydrogen) atoms. The van der Waals surface area contributed by atoms with Gasteiger partial charge in [0, 0.05) is 38.2 Å². The van der Waals surface area contributed by atoms with E-state index >= 15 is 0 Å². The second kappa shape index (κ2) is 9.67. The first kappa shape index (κ1) is 22.2. The highest BCUT2D eigenvalue weighted by molar-refractivity contribution is 7.89. The highest BCUT2D eigenvalue weighted by atomic mass is 35.5. The molecule has 0 bridgehead atoms. The molecule has 2 aromatic carbocycles. The first-order valence-corrected chi connectivity index (χ1v) is 12.2. The lowest BCUT2D eigenvalue weighted by atomic mass is 10.2. The zero-order chi connectivity index (χ0) is 21.8. The van der Waals surface area contributed by atoms with Gasteiger partial charge in [-0.2, -0.15) is 9.29 Å². The zero-order valence-electron chi connectivity index (χ0n) is 16.7. The maximum absolute atomic E-state index is 12.9. The topological polar surface area (TPSA) is 79.5 Å². The SMILES string of the molecule is O=S(=O)(c1ccc(Cl)c(Cl)c1)N1CCN(CCCc2nc(-c3ccccc3)no2)CC1. The molecule has 3 aromatic rings. The summed E-state index contributed by atoms with van der Waals surface area (Å²) in [4.78, 5) is 6.86. The van der Waals surface area contributed by atoms with Crippen LogP contribution in [0.4, 0.5) is 0 Å². The number of hydrogen-bond acceptors (Lipinski definition) is 6. The van der Waals surface area contributed by atoms with Crippen molar-refractivity contribution in [3.8, 4) is 11.4 Å². The molecule has 0 N–H and O–H groups in total. The molecule has 0 atom stereocenters. The number of aromatic nitrogens is 2. The molecule has 164 valence electrons. The molecule has 0 aliphatic carbocycles. The fourth-order valence-electron chi connectivity index (χ4n) is 3.49. The molecular formula is C21H22Cl2N4O3S. The predicted octanol–water partition coefficient (Wildman–Crippen LogP) is 3.98. The van der Waals surface area contributed by atoms with Crippen molar-refractivity contribution in [1.29, 1.82) is 0 Å². The van der Waals surface area contributed by atoms with Gasteiger partial charge in [-0.1, -0.05) is 58.7 Å². The minimum Gasteiger partial charge on any atom is -0.339 e. The van der Waals surface area contributed by atoms with Crippen LogP contribution in [-0.4, -0.2) is 60.5 Å². The van der Waals surface area contributed by atoms with Gasteiger partial charge in [-0.15, -0.1) is 0 Å². The van der Waals surface area contributed by atoms with Crippen LogP contribution in [0, 0.1) is 0 Å². The van der Waals surface area contributed by atoms with E-state index in [1.54, 1.807) is 0 Å². The lowest BCUT2D eigenvalue weighted by molar-refractivity contribution is 0.185. The molecule has 1 aliphatic heterocycles. The second-order valence-electron chi connectivity index (χ2n) is 7.30. The van der Waals surface area contributed by atoms with E-state index in [0.29, 0.717) is 49.3 Å². The van der Waals surface area contributed by atoms with E-state index in [2.05, 4.69) is 15.0 Å². The summed E-state index contributed by atoms with van der Waals surface area (Å²) in [7, 11) is -3.58. The molecule has 2 heterocycles. The molecule has 0 radical (unpaired) electrons. The molecule has 10 heteroatoms. The van der Waals surface area contributed by atoms with E-state index in [-0.39, 0.29) is 9.92 Å². The van der Waals surface area contributed by atoms with Crippen molar-refractivity contribution in [2.75, 3.05) is 32.7 Å². The molecule has 7 nitrogen and oxygen atoms in total. The molecule has 1 fully saturated rings. The molecule has 1 saturated heterocycles. The number of piperazine rings is 1. The smallest absolute Gasteiger partial charge is 0.243 e. The first-order chi connectivity index (χ1) is 14.9. The molecule has 1 aromatic heterocycles. The Balaban J connectivity index is 1.26. The number of aryl methyl sites for hydroxylation is 1. The normalized spacial score (nSPS) is 15.9. The Morgan fingerprint density at radius 2 is 1.71 bits per heavy atom. The highest BCUT2D eigenvalue weighted by Crippen LogP contribution is 2.27. The van der Waals surface area contributed by atoms with Gasteiger partial charge in [0.1, 0.15) is 0 Å². The van der Waals surface area contributed by atoms with Crippen LogP contribution in [0.1, 0.15) is 12.3 Å². The summed E-state index contributed by atoms with van der Waals surface area (Å²) in [5.41, 5.74) is 0.928. The van der Waals surface area contributed by atoms with Crippen molar-refractivity contribution < 1.29 is 12.9 Å². The Kier molecular flexibility index (Phi) is 6.93. The summed E-state index contributed by atoms with van der Waals surface area (Å²) < 4.78 is 32.6. The molecule has 1 aliphatic rings. The lowest BCUT2D eigenvalue weighted by Gasteiger charge is -2.33. The largest absolute Gasteiger partial charge is 0.339 e. The van der Waals surface area contributed by atoms with Gasteiger partial charge in [-0.25, -0.2) is 8.42 Å². The maximum Gasteiger partial charge on any atom is 0.243 e. The third-order valence-corrected chi connectivity index (χ3v) is 7.86. The summed E-state index contributed by atoms with van der Waals surface area (Å²) in [5.74, 6) is 1.21. The van der Waals surface area contributed by atoms with Gasteiger partial charge < -0.3 is 9.42 Å². The molecule has 0 amide bonds. The first-order valence-electron chi connectivity index (χ1n) is 9.99. The van der Waals surface area contributed by atoms with Crippen molar-refractivity contribution in [3.05, 3.63) is 64.5 Å². The number of sulfonamides is 1. The van der Waals surface area contributed by atoms with Gasteiger partial charge in [0.05, 0.1) is 14.9 Å². The van der Waals surface area contributed by atoms with Crippen LogP contribution in [0.5, 0.6) is 0 Å². The van der Waals surface area contributed by atoms with Crippen molar-refractivity contribution in [2.24, 2.45) is 0 Å². The number of nitrogens with zero attached hydrogens (tertiary/aromatic N) is 4. The third kappa shape index (κ3) is 5.27. The van der Waals surface area contributed by atoms with Gasteiger partial charge in [0.15, 0.2) is 0 Å². The van der Waals surface area contributed by atoms with Gasteiger partial charge >= 0.3 is 0 Å². The highest BCUT2D eigenvalue weighted by Gasteiger charge is 2.28. The zero-order valence-corrected chi connectivity index (χ0v) is 19.1. The average molecular weight is 481 g/mol. The summed E-state index contributed by atoms with van der Waals surface area (Å²) in [5, 5.41) is 4.61.